The Bertz CT molecular complexity index is 655. The van der Waals surface area contributed by atoms with Crippen molar-refractivity contribution in [3.63, 3.8) is 0 Å². The lowest BCUT2D eigenvalue weighted by molar-refractivity contribution is 0.0697. The van der Waals surface area contributed by atoms with E-state index in [1.165, 1.54) is 0 Å². The SMILES string of the molecule is Cc1cc(C(=O)N2CCN[C@@H](c3cccc(Cl)c3)C2)n[nH]1. The Hall–Kier alpha value is -1.85. The highest BCUT2D eigenvalue weighted by Crippen LogP contribution is 2.21. The summed E-state index contributed by atoms with van der Waals surface area (Å²) >= 11 is 6.04. The molecule has 1 aromatic carbocycles. The third-order valence-electron chi connectivity index (χ3n) is 3.64. The van der Waals surface area contributed by atoms with Crippen molar-refractivity contribution in [3.05, 3.63) is 52.3 Å². The standard InChI is InChI=1S/C15H17ClN4O/c1-10-7-13(19-18-10)15(21)20-6-5-17-14(9-20)11-3-2-4-12(16)8-11/h2-4,7-8,14,17H,5-6,9H2,1H3,(H,18,19)/t14-/m1/s1. The number of H-pyrrole nitrogens is 1. The van der Waals surface area contributed by atoms with E-state index < -0.39 is 0 Å². The number of hydrogen-bond acceptors (Lipinski definition) is 3. The molecule has 1 aromatic heterocycles. The lowest BCUT2D eigenvalue weighted by atomic mass is 10.0. The van der Waals surface area contributed by atoms with Crippen LogP contribution in [0.15, 0.2) is 30.3 Å². The van der Waals surface area contributed by atoms with E-state index in [1.807, 2.05) is 36.1 Å². The number of piperazine rings is 1. The van der Waals surface area contributed by atoms with Gasteiger partial charge in [0.2, 0.25) is 0 Å². The van der Waals surface area contributed by atoms with Crippen LogP contribution >= 0.6 is 11.6 Å². The molecule has 1 saturated heterocycles. The number of halogens is 1. The molecule has 1 aliphatic rings. The van der Waals surface area contributed by atoms with Crippen LogP contribution in [0.4, 0.5) is 0 Å². The van der Waals surface area contributed by atoms with Crippen molar-refractivity contribution in [1.29, 1.82) is 0 Å². The number of rotatable bonds is 2. The van der Waals surface area contributed by atoms with Gasteiger partial charge >= 0.3 is 0 Å². The van der Waals surface area contributed by atoms with Crippen molar-refractivity contribution in [2.24, 2.45) is 0 Å². The maximum Gasteiger partial charge on any atom is 0.274 e. The second-order valence-electron chi connectivity index (χ2n) is 5.25. The molecule has 1 amide bonds. The van der Waals surface area contributed by atoms with Crippen LogP contribution in [0.25, 0.3) is 0 Å². The Morgan fingerprint density at radius 3 is 3.00 bits per heavy atom. The summed E-state index contributed by atoms with van der Waals surface area (Å²) in [5.74, 6) is -0.0344. The fourth-order valence-corrected chi connectivity index (χ4v) is 2.77. The molecule has 0 saturated carbocycles. The van der Waals surface area contributed by atoms with Gasteiger partial charge in [0.15, 0.2) is 0 Å². The molecule has 3 rings (SSSR count). The Kier molecular flexibility index (Phi) is 3.94. The fraction of sp³-hybridized carbons (Fsp3) is 0.333. The van der Waals surface area contributed by atoms with Crippen molar-refractivity contribution in [2.75, 3.05) is 19.6 Å². The number of carbonyl (C=O) groups excluding carboxylic acids is 1. The molecule has 0 aliphatic carbocycles. The van der Waals surface area contributed by atoms with Crippen LogP contribution in [0.5, 0.6) is 0 Å². The van der Waals surface area contributed by atoms with Gasteiger partial charge in [0.1, 0.15) is 5.69 Å². The van der Waals surface area contributed by atoms with E-state index in [9.17, 15) is 4.79 Å². The van der Waals surface area contributed by atoms with Gasteiger partial charge in [-0.05, 0) is 30.7 Å². The van der Waals surface area contributed by atoms with Gasteiger partial charge in [-0.1, -0.05) is 23.7 Å². The Balaban J connectivity index is 1.75. The molecular formula is C15H17ClN4O. The van der Waals surface area contributed by atoms with Crippen molar-refractivity contribution < 1.29 is 4.79 Å². The van der Waals surface area contributed by atoms with E-state index >= 15 is 0 Å². The summed E-state index contributed by atoms with van der Waals surface area (Å²) in [5, 5.41) is 11.0. The number of amides is 1. The average molecular weight is 305 g/mol. The van der Waals surface area contributed by atoms with E-state index in [0.717, 1.165) is 17.8 Å². The van der Waals surface area contributed by atoms with Gasteiger partial charge in [-0.2, -0.15) is 5.10 Å². The molecule has 6 heteroatoms. The zero-order chi connectivity index (χ0) is 14.8. The monoisotopic (exact) mass is 304 g/mol. The lowest BCUT2D eigenvalue weighted by Gasteiger charge is -2.33. The molecule has 21 heavy (non-hydrogen) atoms. The number of benzene rings is 1. The molecule has 1 atom stereocenters. The molecule has 0 unspecified atom stereocenters. The highest BCUT2D eigenvalue weighted by molar-refractivity contribution is 6.30. The minimum absolute atomic E-state index is 0.0344. The first-order chi connectivity index (χ1) is 10.1. The number of aryl methyl sites for hydroxylation is 1. The van der Waals surface area contributed by atoms with Crippen LogP contribution in [0.2, 0.25) is 5.02 Å². The van der Waals surface area contributed by atoms with Crippen molar-refractivity contribution in [2.45, 2.75) is 13.0 Å². The predicted octanol–water partition coefficient (Wildman–Crippen LogP) is 2.16. The van der Waals surface area contributed by atoms with Crippen molar-refractivity contribution in [3.8, 4) is 0 Å². The summed E-state index contributed by atoms with van der Waals surface area (Å²) in [7, 11) is 0. The molecule has 110 valence electrons. The quantitative estimate of drug-likeness (QED) is 0.894. The zero-order valence-electron chi connectivity index (χ0n) is 11.8. The van der Waals surface area contributed by atoms with E-state index in [4.69, 9.17) is 11.6 Å². The van der Waals surface area contributed by atoms with Crippen LogP contribution in [0, 0.1) is 6.92 Å². The summed E-state index contributed by atoms with van der Waals surface area (Å²) in [6, 6.07) is 9.61. The van der Waals surface area contributed by atoms with Gasteiger partial charge in [0.05, 0.1) is 6.04 Å². The van der Waals surface area contributed by atoms with Crippen LogP contribution in [0.3, 0.4) is 0 Å². The summed E-state index contributed by atoms with van der Waals surface area (Å²) in [6.07, 6.45) is 0. The van der Waals surface area contributed by atoms with Gasteiger partial charge < -0.3 is 10.2 Å². The molecule has 2 heterocycles. The summed E-state index contributed by atoms with van der Waals surface area (Å²) < 4.78 is 0. The van der Waals surface area contributed by atoms with E-state index in [2.05, 4.69) is 15.5 Å². The molecule has 0 bridgehead atoms. The number of aromatic nitrogens is 2. The van der Waals surface area contributed by atoms with E-state index in [1.54, 1.807) is 6.07 Å². The van der Waals surface area contributed by atoms with Crippen LogP contribution in [-0.2, 0) is 0 Å². The zero-order valence-corrected chi connectivity index (χ0v) is 12.5. The Morgan fingerprint density at radius 2 is 2.29 bits per heavy atom. The van der Waals surface area contributed by atoms with Gasteiger partial charge in [-0.3, -0.25) is 9.89 Å². The number of hydrogen-bond donors (Lipinski definition) is 2. The highest BCUT2D eigenvalue weighted by atomic mass is 35.5. The number of aromatic amines is 1. The first-order valence-electron chi connectivity index (χ1n) is 6.93. The van der Waals surface area contributed by atoms with Gasteiger partial charge in [-0.15, -0.1) is 0 Å². The topological polar surface area (TPSA) is 61.0 Å². The predicted molar refractivity (Wildman–Crippen MR) is 81.4 cm³/mol. The van der Waals surface area contributed by atoms with Gasteiger partial charge in [-0.25, -0.2) is 0 Å². The highest BCUT2D eigenvalue weighted by Gasteiger charge is 2.26. The molecular weight excluding hydrogens is 288 g/mol. The second kappa shape index (κ2) is 5.87. The molecule has 0 radical (unpaired) electrons. The molecule has 5 nitrogen and oxygen atoms in total. The minimum atomic E-state index is -0.0344. The Labute approximate surface area is 128 Å². The van der Waals surface area contributed by atoms with Crippen LogP contribution in [0.1, 0.15) is 27.8 Å². The maximum absolute atomic E-state index is 12.4. The molecule has 1 fully saturated rings. The molecule has 2 aromatic rings. The van der Waals surface area contributed by atoms with Crippen molar-refractivity contribution in [1.82, 2.24) is 20.4 Å². The third kappa shape index (κ3) is 3.09. The summed E-state index contributed by atoms with van der Waals surface area (Å²) in [6.45, 7) is 3.94. The van der Waals surface area contributed by atoms with Gasteiger partial charge in [0.25, 0.3) is 5.91 Å². The number of carbonyl (C=O) groups is 1. The summed E-state index contributed by atoms with van der Waals surface area (Å²) in [5.41, 5.74) is 2.46. The summed E-state index contributed by atoms with van der Waals surface area (Å²) in [4.78, 5) is 14.3. The fourth-order valence-electron chi connectivity index (χ4n) is 2.57. The maximum atomic E-state index is 12.4. The first kappa shape index (κ1) is 14.1. The van der Waals surface area contributed by atoms with Crippen LogP contribution < -0.4 is 5.32 Å². The Morgan fingerprint density at radius 1 is 1.43 bits per heavy atom. The average Bonchev–Trinajstić information content (AvgIpc) is 2.93. The van der Waals surface area contributed by atoms with Crippen molar-refractivity contribution >= 4 is 17.5 Å². The third-order valence-corrected chi connectivity index (χ3v) is 3.87. The largest absolute Gasteiger partial charge is 0.334 e. The minimum Gasteiger partial charge on any atom is -0.334 e. The number of nitrogens with zero attached hydrogens (tertiary/aromatic N) is 2. The van der Waals surface area contributed by atoms with Gasteiger partial charge in [0, 0.05) is 30.4 Å². The molecule has 2 N–H and O–H groups in total. The smallest absolute Gasteiger partial charge is 0.274 e. The normalized spacial score (nSPS) is 18.8. The number of nitrogens with one attached hydrogen (secondary N) is 2. The first-order valence-corrected chi connectivity index (χ1v) is 7.31. The van der Waals surface area contributed by atoms with Crippen LogP contribution in [-0.4, -0.2) is 40.6 Å². The lowest BCUT2D eigenvalue weighted by Crippen LogP contribution is -2.48. The van der Waals surface area contributed by atoms with E-state index in [0.29, 0.717) is 23.8 Å². The molecule has 1 aliphatic heterocycles. The second-order valence-corrected chi connectivity index (χ2v) is 5.69. The molecule has 0 spiro atoms. The van der Waals surface area contributed by atoms with E-state index in [-0.39, 0.29) is 11.9 Å².